The summed E-state index contributed by atoms with van der Waals surface area (Å²) in [5.74, 6) is 0.270. The van der Waals surface area contributed by atoms with Crippen LogP contribution >= 0.6 is 15.9 Å². The van der Waals surface area contributed by atoms with Gasteiger partial charge in [0.2, 0.25) is 0 Å². The summed E-state index contributed by atoms with van der Waals surface area (Å²) in [7, 11) is 0. The first kappa shape index (κ1) is 17.0. The second-order valence-corrected chi connectivity index (χ2v) is 6.25. The Kier molecular flexibility index (Phi) is 5.35. The smallest absolute Gasteiger partial charge is 0.275 e. The molecule has 0 atom stereocenters. The Morgan fingerprint density at radius 2 is 2.00 bits per heavy atom. The summed E-state index contributed by atoms with van der Waals surface area (Å²) < 4.78 is 0.822. The molecule has 2 N–H and O–H groups in total. The monoisotopic (exact) mass is 397 g/mol. The Bertz CT molecular complexity index is 868. The average molecular weight is 398 g/mol. The lowest BCUT2D eigenvalue weighted by Crippen LogP contribution is -2.15. The van der Waals surface area contributed by atoms with E-state index in [1.54, 1.807) is 6.20 Å². The molecule has 3 aromatic rings. The van der Waals surface area contributed by atoms with Gasteiger partial charge in [-0.15, -0.1) is 0 Å². The van der Waals surface area contributed by atoms with Crippen molar-refractivity contribution in [1.29, 1.82) is 0 Å². The zero-order valence-electron chi connectivity index (χ0n) is 13.5. The van der Waals surface area contributed by atoms with Gasteiger partial charge in [-0.1, -0.05) is 12.1 Å². The normalized spacial score (nSPS) is 10.3. The average Bonchev–Trinajstić information content (AvgIpc) is 2.63. The molecule has 3 rings (SSSR count). The first-order valence-electron chi connectivity index (χ1n) is 7.65. The SMILES string of the molecule is Cc1ccc(NC(=O)c2cnc(NCc3ccccn3)cn2)c(Br)c1. The molecule has 1 aromatic carbocycles. The highest BCUT2D eigenvalue weighted by Crippen LogP contribution is 2.23. The van der Waals surface area contributed by atoms with Crippen molar-refractivity contribution in [3.8, 4) is 0 Å². The summed E-state index contributed by atoms with van der Waals surface area (Å²) in [4.78, 5) is 24.9. The molecule has 2 heterocycles. The van der Waals surface area contributed by atoms with E-state index in [-0.39, 0.29) is 11.6 Å². The number of anilines is 2. The number of rotatable bonds is 5. The fourth-order valence-corrected chi connectivity index (χ4v) is 2.72. The van der Waals surface area contributed by atoms with Crippen molar-refractivity contribution in [2.75, 3.05) is 10.6 Å². The quantitative estimate of drug-likeness (QED) is 0.684. The zero-order chi connectivity index (χ0) is 17.6. The topological polar surface area (TPSA) is 79.8 Å². The van der Waals surface area contributed by atoms with Gasteiger partial charge in [-0.05, 0) is 52.7 Å². The number of amides is 1. The number of carbonyl (C=O) groups is 1. The van der Waals surface area contributed by atoms with Gasteiger partial charge in [-0.3, -0.25) is 9.78 Å². The van der Waals surface area contributed by atoms with Crippen LogP contribution in [0, 0.1) is 6.92 Å². The summed E-state index contributed by atoms with van der Waals surface area (Å²) in [5, 5.41) is 5.93. The predicted octanol–water partition coefficient (Wildman–Crippen LogP) is 3.81. The van der Waals surface area contributed by atoms with Gasteiger partial charge in [0, 0.05) is 10.7 Å². The Morgan fingerprint density at radius 1 is 1.12 bits per heavy atom. The van der Waals surface area contributed by atoms with Gasteiger partial charge in [0.15, 0.2) is 0 Å². The van der Waals surface area contributed by atoms with Crippen LogP contribution in [0.25, 0.3) is 0 Å². The molecule has 2 aromatic heterocycles. The molecular weight excluding hydrogens is 382 g/mol. The molecule has 25 heavy (non-hydrogen) atoms. The molecule has 126 valence electrons. The Balaban J connectivity index is 1.62. The molecule has 0 aliphatic heterocycles. The largest absolute Gasteiger partial charge is 0.363 e. The van der Waals surface area contributed by atoms with Gasteiger partial charge in [-0.25, -0.2) is 9.97 Å². The van der Waals surface area contributed by atoms with Crippen molar-refractivity contribution in [3.05, 3.63) is 76.4 Å². The number of benzene rings is 1. The van der Waals surface area contributed by atoms with Crippen molar-refractivity contribution >= 4 is 33.3 Å². The molecular formula is C18H16BrN5O. The van der Waals surface area contributed by atoms with Crippen LogP contribution in [0.4, 0.5) is 11.5 Å². The highest BCUT2D eigenvalue weighted by molar-refractivity contribution is 9.10. The summed E-state index contributed by atoms with van der Waals surface area (Å²) in [6.07, 6.45) is 4.71. The molecule has 0 saturated heterocycles. The highest BCUT2D eigenvalue weighted by Gasteiger charge is 2.10. The van der Waals surface area contributed by atoms with Gasteiger partial charge < -0.3 is 10.6 Å². The van der Waals surface area contributed by atoms with Gasteiger partial charge in [0.1, 0.15) is 11.5 Å². The number of nitrogens with one attached hydrogen (secondary N) is 2. The van der Waals surface area contributed by atoms with Crippen LogP contribution in [-0.2, 0) is 6.54 Å². The maximum absolute atomic E-state index is 12.3. The summed E-state index contributed by atoms with van der Waals surface area (Å²) in [6, 6.07) is 11.4. The van der Waals surface area contributed by atoms with Crippen LogP contribution in [0.5, 0.6) is 0 Å². The Morgan fingerprint density at radius 3 is 2.68 bits per heavy atom. The van der Waals surface area contributed by atoms with Crippen molar-refractivity contribution in [2.24, 2.45) is 0 Å². The van der Waals surface area contributed by atoms with E-state index in [4.69, 9.17) is 0 Å². The number of hydrogen-bond acceptors (Lipinski definition) is 5. The minimum absolute atomic E-state index is 0.246. The minimum atomic E-state index is -0.312. The van der Waals surface area contributed by atoms with Crippen LogP contribution in [0.2, 0.25) is 0 Å². The third kappa shape index (κ3) is 4.60. The van der Waals surface area contributed by atoms with E-state index in [1.165, 1.54) is 12.4 Å². The molecule has 0 saturated carbocycles. The molecule has 0 aliphatic rings. The standard InChI is InChI=1S/C18H16BrN5O/c1-12-5-6-15(14(19)8-12)24-18(25)16-10-23-17(11-21-16)22-9-13-4-2-3-7-20-13/h2-8,10-11H,9H2,1H3,(H,22,23)(H,24,25). The van der Waals surface area contributed by atoms with E-state index in [1.807, 2.05) is 43.3 Å². The van der Waals surface area contributed by atoms with Crippen molar-refractivity contribution in [1.82, 2.24) is 15.0 Å². The number of carbonyl (C=O) groups excluding carboxylic acids is 1. The van der Waals surface area contributed by atoms with E-state index in [0.717, 1.165) is 15.7 Å². The fourth-order valence-electron chi connectivity index (χ4n) is 2.13. The number of aromatic nitrogens is 3. The summed E-state index contributed by atoms with van der Waals surface area (Å²) >= 11 is 3.44. The van der Waals surface area contributed by atoms with Crippen molar-refractivity contribution < 1.29 is 4.79 Å². The van der Waals surface area contributed by atoms with Gasteiger partial charge >= 0.3 is 0 Å². The molecule has 0 spiro atoms. The number of aryl methyl sites for hydroxylation is 1. The van der Waals surface area contributed by atoms with Crippen LogP contribution in [-0.4, -0.2) is 20.9 Å². The van der Waals surface area contributed by atoms with Gasteiger partial charge in [-0.2, -0.15) is 0 Å². The summed E-state index contributed by atoms with van der Waals surface area (Å²) in [5.41, 5.74) is 2.94. The lowest BCUT2D eigenvalue weighted by molar-refractivity contribution is 0.102. The van der Waals surface area contributed by atoms with Crippen molar-refractivity contribution in [2.45, 2.75) is 13.5 Å². The molecule has 0 radical (unpaired) electrons. The van der Waals surface area contributed by atoms with Crippen LogP contribution in [0.3, 0.4) is 0 Å². The predicted molar refractivity (Wildman–Crippen MR) is 100 cm³/mol. The second-order valence-electron chi connectivity index (χ2n) is 5.40. The van der Waals surface area contributed by atoms with E-state index in [9.17, 15) is 4.79 Å². The maximum atomic E-state index is 12.3. The fraction of sp³-hybridized carbons (Fsp3) is 0.111. The summed E-state index contributed by atoms with van der Waals surface area (Å²) in [6.45, 7) is 2.52. The molecule has 0 bridgehead atoms. The number of pyridine rings is 1. The Hall–Kier alpha value is -2.80. The molecule has 6 nitrogen and oxygen atoms in total. The molecule has 1 amide bonds. The van der Waals surface area contributed by atoms with Crippen LogP contribution in [0.15, 0.2) is 59.5 Å². The number of nitrogens with zero attached hydrogens (tertiary/aromatic N) is 3. The lowest BCUT2D eigenvalue weighted by atomic mass is 10.2. The highest BCUT2D eigenvalue weighted by atomic mass is 79.9. The number of hydrogen-bond donors (Lipinski definition) is 2. The van der Waals surface area contributed by atoms with Crippen LogP contribution < -0.4 is 10.6 Å². The van der Waals surface area contributed by atoms with Gasteiger partial charge in [0.05, 0.1) is 30.3 Å². The lowest BCUT2D eigenvalue weighted by Gasteiger charge is -2.08. The van der Waals surface area contributed by atoms with Crippen LogP contribution in [0.1, 0.15) is 21.7 Å². The van der Waals surface area contributed by atoms with E-state index in [0.29, 0.717) is 18.1 Å². The second kappa shape index (κ2) is 7.85. The van der Waals surface area contributed by atoms with E-state index in [2.05, 4.69) is 41.5 Å². The van der Waals surface area contributed by atoms with Gasteiger partial charge in [0.25, 0.3) is 5.91 Å². The van der Waals surface area contributed by atoms with E-state index < -0.39 is 0 Å². The van der Waals surface area contributed by atoms with E-state index >= 15 is 0 Å². The third-order valence-corrected chi connectivity index (χ3v) is 4.09. The maximum Gasteiger partial charge on any atom is 0.275 e. The van der Waals surface area contributed by atoms with Crippen molar-refractivity contribution in [3.63, 3.8) is 0 Å². The minimum Gasteiger partial charge on any atom is -0.363 e. The number of halogens is 1. The third-order valence-electron chi connectivity index (χ3n) is 3.43. The Labute approximate surface area is 153 Å². The molecule has 0 unspecified atom stereocenters. The zero-order valence-corrected chi connectivity index (χ0v) is 15.1. The first-order chi connectivity index (χ1) is 12.1. The first-order valence-corrected chi connectivity index (χ1v) is 8.44. The molecule has 0 aliphatic carbocycles. The molecule has 7 heteroatoms. The molecule has 0 fully saturated rings.